The van der Waals surface area contributed by atoms with Gasteiger partial charge >= 0.3 is 5.97 Å². The number of thioether (sulfide) groups is 1. The van der Waals surface area contributed by atoms with Crippen LogP contribution in [0.2, 0.25) is 0 Å². The first-order chi connectivity index (χ1) is 11.5. The molecule has 1 aliphatic heterocycles. The second-order valence-electron chi connectivity index (χ2n) is 4.94. The van der Waals surface area contributed by atoms with Crippen LogP contribution in [0.15, 0.2) is 23.1 Å². The fourth-order valence-electron chi connectivity index (χ4n) is 2.20. The highest BCUT2D eigenvalue weighted by Gasteiger charge is 2.23. The molecular formula is C15H18N2O6S. The van der Waals surface area contributed by atoms with E-state index in [1.807, 2.05) is 0 Å². The molecule has 0 unspecified atom stereocenters. The number of amides is 1. The minimum Gasteiger partial charge on any atom is -0.465 e. The standard InChI is InChI=1S/C15H18N2O6S/c1-2-23-14(18)10-24-13-4-3-11(9-12(13)17(20)21)15(19)16-5-7-22-8-6-16/h3-4,9H,2,5-8,10H2,1H3. The van der Waals surface area contributed by atoms with Gasteiger partial charge in [0.1, 0.15) is 0 Å². The predicted octanol–water partition coefficient (Wildman–Crippen LogP) is 1.72. The second-order valence-corrected chi connectivity index (χ2v) is 5.96. The third-order valence-corrected chi connectivity index (χ3v) is 4.39. The van der Waals surface area contributed by atoms with E-state index in [1.165, 1.54) is 18.2 Å². The topological polar surface area (TPSA) is 99.0 Å². The first kappa shape index (κ1) is 18.2. The van der Waals surface area contributed by atoms with Crippen LogP contribution in [-0.2, 0) is 14.3 Å². The van der Waals surface area contributed by atoms with Gasteiger partial charge in [-0.25, -0.2) is 0 Å². The lowest BCUT2D eigenvalue weighted by atomic mass is 10.1. The maximum absolute atomic E-state index is 12.4. The van der Waals surface area contributed by atoms with Gasteiger partial charge in [0, 0.05) is 24.7 Å². The van der Waals surface area contributed by atoms with Crippen molar-refractivity contribution in [2.75, 3.05) is 38.7 Å². The summed E-state index contributed by atoms with van der Waals surface area (Å²) in [5.74, 6) is -0.723. The van der Waals surface area contributed by atoms with Gasteiger partial charge in [-0.3, -0.25) is 19.7 Å². The van der Waals surface area contributed by atoms with Crippen LogP contribution in [0.1, 0.15) is 17.3 Å². The number of nitrogens with zero attached hydrogens (tertiary/aromatic N) is 2. The Kier molecular flexibility index (Phi) is 6.56. The van der Waals surface area contributed by atoms with E-state index in [9.17, 15) is 19.7 Å². The first-order valence-electron chi connectivity index (χ1n) is 7.46. The predicted molar refractivity (Wildman–Crippen MR) is 87.2 cm³/mol. The second kappa shape index (κ2) is 8.65. The number of carbonyl (C=O) groups is 2. The molecule has 0 spiro atoms. The van der Waals surface area contributed by atoms with Crippen molar-refractivity contribution < 1.29 is 24.0 Å². The number of morpholine rings is 1. The molecule has 1 saturated heterocycles. The molecule has 1 aromatic carbocycles. The Hall–Kier alpha value is -2.13. The van der Waals surface area contributed by atoms with Gasteiger partial charge in [-0.05, 0) is 19.1 Å². The van der Waals surface area contributed by atoms with Crippen molar-refractivity contribution in [1.82, 2.24) is 4.90 Å². The van der Waals surface area contributed by atoms with E-state index in [0.717, 1.165) is 11.8 Å². The van der Waals surface area contributed by atoms with Crippen LogP contribution < -0.4 is 0 Å². The lowest BCUT2D eigenvalue weighted by molar-refractivity contribution is -0.387. The van der Waals surface area contributed by atoms with E-state index >= 15 is 0 Å². The Morgan fingerprint density at radius 1 is 1.38 bits per heavy atom. The number of rotatable bonds is 6. The van der Waals surface area contributed by atoms with Crippen LogP contribution in [0.4, 0.5) is 5.69 Å². The smallest absolute Gasteiger partial charge is 0.316 e. The third kappa shape index (κ3) is 4.68. The van der Waals surface area contributed by atoms with Gasteiger partial charge in [0.25, 0.3) is 11.6 Å². The van der Waals surface area contributed by atoms with Gasteiger partial charge < -0.3 is 14.4 Å². The fraction of sp³-hybridized carbons (Fsp3) is 0.467. The summed E-state index contributed by atoms with van der Waals surface area (Å²) in [5, 5.41) is 11.3. The molecule has 0 aliphatic carbocycles. The Morgan fingerprint density at radius 2 is 2.08 bits per heavy atom. The molecule has 0 aromatic heterocycles. The highest BCUT2D eigenvalue weighted by Crippen LogP contribution is 2.30. The van der Waals surface area contributed by atoms with Gasteiger partial charge in [-0.2, -0.15) is 0 Å². The maximum atomic E-state index is 12.4. The van der Waals surface area contributed by atoms with Gasteiger partial charge in [-0.1, -0.05) is 0 Å². The molecule has 1 aliphatic rings. The normalized spacial score (nSPS) is 14.3. The minimum absolute atomic E-state index is 0.0224. The Labute approximate surface area is 143 Å². The highest BCUT2D eigenvalue weighted by atomic mass is 32.2. The van der Waals surface area contributed by atoms with Gasteiger partial charge in [0.2, 0.25) is 0 Å². The SMILES string of the molecule is CCOC(=O)CSc1ccc(C(=O)N2CCOCC2)cc1[N+](=O)[O-]. The van der Waals surface area contributed by atoms with Gasteiger partial charge in [-0.15, -0.1) is 11.8 Å². The largest absolute Gasteiger partial charge is 0.465 e. The van der Waals surface area contributed by atoms with E-state index in [0.29, 0.717) is 31.2 Å². The molecule has 1 amide bonds. The summed E-state index contributed by atoms with van der Waals surface area (Å²) in [7, 11) is 0. The summed E-state index contributed by atoms with van der Waals surface area (Å²) in [5.41, 5.74) is 0.0625. The van der Waals surface area contributed by atoms with E-state index in [4.69, 9.17) is 9.47 Å². The van der Waals surface area contributed by atoms with E-state index in [-0.39, 0.29) is 29.5 Å². The Morgan fingerprint density at radius 3 is 2.71 bits per heavy atom. The van der Waals surface area contributed by atoms with Crippen LogP contribution >= 0.6 is 11.8 Å². The third-order valence-electron chi connectivity index (χ3n) is 3.35. The zero-order valence-electron chi connectivity index (χ0n) is 13.2. The summed E-state index contributed by atoms with van der Waals surface area (Å²) < 4.78 is 9.99. The molecule has 0 bridgehead atoms. The fourth-order valence-corrected chi connectivity index (χ4v) is 3.01. The van der Waals surface area contributed by atoms with Crippen molar-refractivity contribution in [3.8, 4) is 0 Å². The van der Waals surface area contributed by atoms with Crippen molar-refractivity contribution >= 4 is 29.3 Å². The molecule has 1 aromatic rings. The van der Waals surface area contributed by atoms with Gasteiger partial charge in [0.15, 0.2) is 0 Å². The highest BCUT2D eigenvalue weighted by molar-refractivity contribution is 8.00. The molecule has 9 heteroatoms. The summed E-state index contributed by atoms with van der Waals surface area (Å²) in [6.07, 6.45) is 0. The number of ether oxygens (including phenoxy) is 2. The number of nitro groups is 1. The average Bonchev–Trinajstić information content (AvgIpc) is 2.60. The Bertz CT molecular complexity index is 630. The van der Waals surface area contributed by atoms with Crippen LogP contribution in [0, 0.1) is 10.1 Å². The number of carbonyl (C=O) groups excluding carboxylic acids is 2. The van der Waals surface area contributed by atoms with Crippen LogP contribution in [-0.4, -0.2) is 60.4 Å². The number of esters is 1. The number of hydrogen-bond acceptors (Lipinski definition) is 7. The molecule has 1 heterocycles. The molecule has 8 nitrogen and oxygen atoms in total. The first-order valence-corrected chi connectivity index (χ1v) is 8.45. The van der Waals surface area contributed by atoms with Crippen molar-refractivity contribution in [3.05, 3.63) is 33.9 Å². The summed E-state index contributed by atoms with van der Waals surface area (Å²) in [6, 6.07) is 4.29. The zero-order chi connectivity index (χ0) is 17.5. The molecule has 130 valence electrons. The molecule has 2 rings (SSSR count). The minimum atomic E-state index is -0.552. The van der Waals surface area contributed by atoms with E-state index in [2.05, 4.69) is 0 Å². The van der Waals surface area contributed by atoms with Crippen LogP contribution in [0.3, 0.4) is 0 Å². The summed E-state index contributed by atoms with van der Waals surface area (Å²) in [4.78, 5) is 36.5. The van der Waals surface area contributed by atoms with Crippen molar-refractivity contribution in [1.29, 1.82) is 0 Å². The molecule has 24 heavy (non-hydrogen) atoms. The summed E-state index contributed by atoms with van der Waals surface area (Å²) in [6.45, 7) is 3.80. The number of nitro benzene ring substituents is 1. The quantitative estimate of drug-likeness (QED) is 0.332. The van der Waals surface area contributed by atoms with Gasteiger partial charge in [0.05, 0.1) is 35.4 Å². The lowest BCUT2D eigenvalue weighted by Crippen LogP contribution is -2.40. The summed E-state index contributed by atoms with van der Waals surface area (Å²) >= 11 is 1.02. The molecule has 0 N–H and O–H groups in total. The van der Waals surface area contributed by atoms with Crippen LogP contribution in [0.5, 0.6) is 0 Å². The molecule has 0 saturated carbocycles. The molecular weight excluding hydrogens is 336 g/mol. The lowest BCUT2D eigenvalue weighted by Gasteiger charge is -2.26. The number of benzene rings is 1. The maximum Gasteiger partial charge on any atom is 0.316 e. The number of hydrogen-bond donors (Lipinski definition) is 0. The zero-order valence-corrected chi connectivity index (χ0v) is 14.0. The average molecular weight is 354 g/mol. The van der Waals surface area contributed by atoms with Crippen molar-refractivity contribution in [2.45, 2.75) is 11.8 Å². The van der Waals surface area contributed by atoms with E-state index < -0.39 is 10.9 Å². The molecule has 0 radical (unpaired) electrons. The molecule has 0 atom stereocenters. The monoisotopic (exact) mass is 354 g/mol. The van der Waals surface area contributed by atoms with Crippen molar-refractivity contribution in [2.24, 2.45) is 0 Å². The molecule has 1 fully saturated rings. The van der Waals surface area contributed by atoms with Crippen molar-refractivity contribution in [3.63, 3.8) is 0 Å². The Balaban J connectivity index is 2.15. The van der Waals surface area contributed by atoms with Crippen LogP contribution in [0.25, 0.3) is 0 Å². The van der Waals surface area contributed by atoms with E-state index in [1.54, 1.807) is 11.8 Å².